The minimum absolute atomic E-state index is 0.131. The maximum atomic E-state index is 13.1. The number of halogens is 2. The molecule has 0 saturated carbocycles. The van der Waals surface area contributed by atoms with E-state index in [1.54, 1.807) is 13.8 Å². The van der Waals surface area contributed by atoms with Crippen LogP contribution in [0.4, 0.5) is 14.9 Å². The predicted octanol–water partition coefficient (Wildman–Crippen LogP) is 2.53. The van der Waals surface area contributed by atoms with Crippen LogP contribution in [0.2, 0.25) is 5.02 Å². The average Bonchev–Trinajstić information content (AvgIpc) is 2.75. The molecule has 1 saturated heterocycles. The lowest BCUT2D eigenvalue weighted by atomic mass is 9.93. The van der Waals surface area contributed by atoms with Crippen LogP contribution in [0.25, 0.3) is 0 Å². The number of carbonyl (C=O) groups excluding carboxylic acids is 3. The molecule has 0 bridgehead atoms. The van der Waals surface area contributed by atoms with E-state index in [2.05, 4.69) is 10.6 Å². The lowest BCUT2D eigenvalue weighted by Crippen LogP contribution is -2.46. The van der Waals surface area contributed by atoms with E-state index in [-0.39, 0.29) is 10.7 Å². The van der Waals surface area contributed by atoms with Gasteiger partial charge < -0.3 is 10.6 Å². The molecule has 4 amide bonds. The molecule has 2 N–H and O–H groups in total. The van der Waals surface area contributed by atoms with Crippen LogP contribution < -0.4 is 10.6 Å². The zero-order chi connectivity index (χ0) is 17.2. The Morgan fingerprint density at radius 3 is 2.52 bits per heavy atom. The van der Waals surface area contributed by atoms with Crippen LogP contribution in [-0.4, -0.2) is 34.8 Å². The monoisotopic (exact) mass is 341 g/mol. The highest BCUT2D eigenvalue weighted by atomic mass is 35.5. The normalized spacial score (nSPS) is 16.4. The maximum absolute atomic E-state index is 13.1. The van der Waals surface area contributed by atoms with Gasteiger partial charge in [-0.3, -0.25) is 14.5 Å². The van der Waals surface area contributed by atoms with Gasteiger partial charge in [-0.25, -0.2) is 9.18 Å². The van der Waals surface area contributed by atoms with Gasteiger partial charge in [0.05, 0.1) is 5.02 Å². The number of hydrogen-bond acceptors (Lipinski definition) is 3. The number of benzene rings is 1. The van der Waals surface area contributed by atoms with Gasteiger partial charge in [0.25, 0.3) is 5.91 Å². The molecule has 2 rings (SSSR count). The summed E-state index contributed by atoms with van der Waals surface area (Å²) in [4.78, 5) is 37.2. The van der Waals surface area contributed by atoms with Crippen molar-refractivity contribution in [2.75, 3.05) is 11.9 Å². The molecule has 1 aliphatic heterocycles. The number of anilines is 1. The van der Waals surface area contributed by atoms with Crippen molar-refractivity contribution < 1.29 is 18.8 Å². The number of urea groups is 1. The molecule has 1 heterocycles. The molecule has 0 radical (unpaired) electrons. The van der Waals surface area contributed by atoms with Crippen molar-refractivity contribution in [3.63, 3.8) is 0 Å². The Bertz CT molecular complexity index is 661. The molecule has 23 heavy (non-hydrogen) atoms. The molecule has 0 aliphatic carbocycles. The summed E-state index contributed by atoms with van der Waals surface area (Å²) in [7, 11) is 0. The fourth-order valence-corrected chi connectivity index (χ4v) is 2.65. The summed E-state index contributed by atoms with van der Waals surface area (Å²) < 4.78 is 13.1. The largest absolute Gasteiger partial charge is 0.325 e. The highest BCUT2D eigenvalue weighted by Crippen LogP contribution is 2.25. The molecule has 1 aromatic rings. The second-order valence-corrected chi connectivity index (χ2v) is 5.69. The molecule has 8 heteroatoms. The number of amides is 4. The Balaban J connectivity index is 2.06. The number of imide groups is 1. The maximum Gasteiger partial charge on any atom is 0.325 e. The van der Waals surface area contributed by atoms with E-state index >= 15 is 0 Å². The van der Waals surface area contributed by atoms with Gasteiger partial charge in [0.1, 0.15) is 17.9 Å². The van der Waals surface area contributed by atoms with Gasteiger partial charge in [0.15, 0.2) is 0 Å². The average molecular weight is 342 g/mol. The van der Waals surface area contributed by atoms with Crippen LogP contribution in [0.15, 0.2) is 18.2 Å². The first-order valence-electron chi connectivity index (χ1n) is 7.22. The second-order valence-electron chi connectivity index (χ2n) is 5.29. The number of nitrogens with one attached hydrogen (secondary N) is 2. The zero-order valence-corrected chi connectivity index (χ0v) is 13.5. The van der Waals surface area contributed by atoms with Crippen molar-refractivity contribution in [1.29, 1.82) is 0 Å². The first kappa shape index (κ1) is 17.2. The number of carbonyl (C=O) groups is 3. The van der Waals surface area contributed by atoms with Gasteiger partial charge in [-0.1, -0.05) is 25.4 Å². The smallest absolute Gasteiger partial charge is 0.324 e. The molecular weight excluding hydrogens is 325 g/mol. The Hall–Kier alpha value is -2.15. The number of rotatable bonds is 5. The van der Waals surface area contributed by atoms with Crippen molar-refractivity contribution >= 4 is 35.1 Å². The van der Waals surface area contributed by atoms with E-state index in [0.29, 0.717) is 12.8 Å². The third-order valence-corrected chi connectivity index (χ3v) is 4.25. The van der Waals surface area contributed by atoms with Crippen molar-refractivity contribution in [3.05, 3.63) is 29.0 Å². The minimum Gasteiger partial charge on any atom is -0.324 e. The summed E-state index contributed by atoms with van der Waals surface area (Å²) in [5.74, 6) is -1.59. The first-order valence-corrected chi connectivity index (χ1v) is 7.59. The fraction of sp³-hybridized carbons (Fsp3) is 0.400. The number of nitrogens with zero attached hydrogens (tertiary/aromatic N) is 1. The molecule has 124 valence electrons. The summed E-state index contributed by atoms with van der Waals surface area (Å²) in [6, 6.07) is 3.12. The highest BCUT2D eigenvalue weighted by molar-refractivity contribution is 6.31. The van der Waals surface area contributed by atoms with Crippen molar-refractivity contribution in [1.82, 2.24) is 10.2 Å². The molecule has 0 atom stereocenters. The summed E-state index contributed by atoms with van der Waals surface area (Å²) >= 11 is 5.63. The van der Waals surface area contributed by atoms with Gasteiger partial charge in [0, 0.05) is 5.69 Å². The molecule has 1 aliphatic rings. The van der Waals surface area contributed by atoms with E-state index in [1.165, 1.54) is 12.1 Å². The van der Waals surface area contributed by atoms with Crippen molar-refractivity contribution in [2.24, 2.45) is 0 Å². The minimum atomic E-state index is -0.948. The van der Waals surface area contributed by atoms with Crippen LogP contribution in [0.1, 0.15) is 26.7 Å². The molecule has 1 aromatic carbocycles. The van der Waals surface area contributed by atoms with E-state index in [1.807, 2.05) is 0 Å². The number of hydrogen-bond donors (Lipinski definition) is 2. The lowest BCUT2D eigenvalue weighted by Gasteiger charge is -2.23. The van der Waals surface area contributed by atoms with Gasteiger partial charge in [0.2, 0.25) is 5.91 Å². The van der Waals surface area contributed by atoms with Crippen LogP contribution in [0.5, 0.6) is 0 Å². The molecule has 0 aromatic heterocycles. The van der Waals surface area contributed by atoms with Gasteiger partial charge in [-0.15, -0.1) is 0 Å². The standard InChI is InChI=1S/C15H17ClFN3O3/c1-3-15(4-2)13(22)20(14(23)19-15)8-12(21)18-9-5-6-11(17)10(16)7-9/h5-7H,3-4,8H2,1-2H3,(H,18,21)(H,19,23). The molecule has 1 fully saturated rings. The zero-order valence-electron chi connectivity index (χ0n) is 12.8. The SMILES string of the molecule is CCC1(CC)NC(=O)N(CC(=O)Nc2ccc(F)c(Cl)c2)C1=O. The third-order valence-electron chi connectivity index (χ3n) is 3.96. The Morgan fingerprint density at radius 1 is 1.35 bits per heavy atom. The Labute approximate surface area is 138 Å². The third kappa shape index (κ3) is 3.29. The Morgan fingerprint density at radius 2 is 2.00 bits per heavy atom. The highest BCUT2D eigenvalue weighted by Gasteiger charge is 2.49. The molecular formula is C15H17ClFN3O3. The fourth-order valence-electron chi connectivity index (χ4n) is 2.47. The van der Waals surface area contributed by atoms with Crippen molar-refractivity contribution in [2.45, 2.75) is 32.2 Å². The summed E-state index contributed by atoms with van der Waals surface area (Å²) in [6.45, 7) is 3.18. The molecule has 6 nitrogen and oxygen atoms in total. The van der Waals surface area contributed by atoms with E-state index < -0.39 is 35.7 Å². The van der Waals surface area contributed by atoms with Crippen LogP contribution in [-0.2, 0) is 9.59 Å². The van der Waals surface area contributed by atoms with Crippen LogP contribution in [0.3, 0.4) is 0 Å². The van der Waals surface area contributed by atoms with Crippen LogP contribution >= 0.6 is 11.6 Å². The van der Waals surface area contributed by atoms with E-state index in [9.17, 15) is 18.8 Å². The van der Waals surface area contributed by atoms with Gasteiger partial charge in [-0.2, -0.15) is 0 Å². The van der Waals surface area contributed by atoms with Crippen molar-refractivity contribution in [3.8, 4) is 0 Å². The van der Waals surface area contributed by atoms with Gasteiger partial charge in [-0.05, 0) is 31.0 Å². The van der Waals surface area contributed by atoms with Crippen LogP contribution in [0, 0.1) is 5.82 Å². The topological polar surface area (TPSA) is 78.5 Å². The summed E-state index contributed by atoms with van der Waals surface area (Å²) in [5.41, 5.74) is -0.665. The molecule has 0 spiro atoms. The summed E-state index contributed by atoms with van der Waals surface area (Å²) in [5, 5.41) is 4.99. The Kier molecular flexibility index (Phi) is 4.89. The van der Waals surface area contributed by atoms with E-state index in [0.717, 1.165) is 11.0 Å². The molecule has 0 unspecified atom stereocenters. The van der Waals surface area contributed by atoms with E-state index in [4.69, 9.17) is 11.6 Å². The first-order chi connectivity index (χ1) is 10.8. The quantitative estimate of drug-likeness (QED) is 0.808. The lowest BCUT2D eigenvalue weighted by molar-refractivity contribution is -0.134. The summed E-state index contributed by atoms with van der Waals surface area (Å²) in [6.07, 6.45) is 0.888. The predicted molar refractivity (Wildman–Crippen MR) is 83.6 cm³/mol. The second kappa shape index (κ2) is 6.54. The van der Waals surface area contributed by atoms with Gasteiger partial charge >= 0.3 is 6.03 Å².